The number of benzene rings is 1. The molecular weight excluding hydrogens is 315 g/mol. The van der Waals surface area contributed by atoms with Gasteiger partial charge < -0.3 is 15.2 Å². The van der Waals surface area contributed by atoms with Gasteiger partial charge in [0.25, 0.3) is 5.91 Å². The third-order valence-corrected chi connectivity index (χ3v) is 3.73. The normalized spacial score (nSPS) is 21.0. The van der Waals surface area contributed by atoms with Crippen molar-refractivity contribution in [1.82, 2.24) is 5.32 Å². The van der Waals surface area contributed by atoms with Gasteiger partial charge in [-0.2, -0.15) is 13.2 Å². The summed E-state index contributed by atoms with van der Waals surface area (Å²) in [6, 6.07) is 3.56. The van der Waals surface area contributed by atoms with Crippen LogP contribution in [-0.4, -0.2) is 29.6 Å². The van der Waals surface area contributed by atoms with E-state index in [2.05, 4.69) is 5.32 Å². The monoisotopic (exact) mass is 331 g/mol. The number of rotatable bonds is 5. The van der Waals surface area contributed by atoms with E-state index in [1.807, 2.05) is 0 Å². The number of amides is 1. The van der Waals surface area contributed by atoms with Crippen LogP contribution in [0.4, 0.5) is 13.2 Å². The van der Waals surface area contributed by atoms with Gasteiger partial charge in [0.05, 0.1) is 11.5 Å². The average molecular weight is 331 g/mol. The molecule has 0 bridgehead atoms. The van der Waals surface area contributed by atoms with E-state index < -0.39 is 35.6 Å². The second-order valence-electron chi connectivity index (χ2n) is 5.36. The predicted octanol–water partition coefficient (Wildman–Crippen LogP) is 2.45. The summed E-state index contributed by atoms with van der Waals surface area (Å²) in [4.78, 5) is 22.8. The number of carboxylic acids is 1. The number of alkyl halides is 3. The van der Waals surface area contributed by atoms with E-state index in [9.17, 15) is 22.8 Å². The Morgan fingerprint density at radius 3 is 2.43 bits per heavy atom. The molecule has 0 spiro atoms. The van der Waals surface area contributed by atoms with E-state index in [4.69, 9.17) is 9.84 Å². The van der Waals surface area contributed by atoms with E-state index in [-0.39, 0.29) is 12.4 Å². The van der Waals surface area contributed by atoms with Crippen LogP contribution in [0, 0.1) is 5.92 Å². The third-order valence-electron chi connectivity index (χ3n) is 3.73. The summed E-state index contributed by atoms with van der Waals surface area (Å²) < 4.78 is 42.3. The smallest absolute Gasteiger partial charge is 0.416 e. The largest absolute Gasteiger partial charge is 0.484 e. The lowest BCUT2D eigenvalue weighted by Crippen LogP contribution is -2.42. The van der Waals surface area contributed by atoms with Gasteiger partial charge in [-0.15, -0.1) is 0 Å². The number of aliphatic carboxylic acids is 1. The molecule has 1 aromatic carbocycles. The van der Waals surface area contributed by atoms with Crippen LogP contribution in [0.1, 0.15) is 24.8 Å². The van der Waals surface area contributed by atoms with Crippen molar-refractivity contribution in [3.63, 3.8) is 0 Å². The molecule has 2 rings (SSSR count). The van der Waals surface area contributed by atoms with Crippen LogP contribution < -0.4 is 10.1 Å². The van der Waals surface area contributed by atoms with Gasteiger partial charge in [0.15, 0.2) is 6.61 Å². The number of halogens is 3. The summed E-state index contributed by atoms with van der Waals surface area (Å²) in [6.45, 7) is -0.381. The molecule has 1 fully saturated rings. The highest BCUT2D eigenvalue weighted by Gasteiger charge is 2.34. The van der Waals surface area contributed by atoms with Crippen molar-refractivity contribution in [3.05, 3.63) is 29.8 Å². The van der Waals surface area contributed by atoms with Crippen LogP contribution in [0.25, 0.3) is 0 Å². The quantitative estimate of drug-likeness (QED) is 0.869. The fourth-order valence-corrected chi connectivity index (χ4v) is 2.57. The van der Waals surface area contributed by atoms with Crippen molar-refractivity contribution in [1.29, 1.82) is 0 Å². The van der Waals surface area contributed by atoms with Gasteiger partial charge in [-0.25, -0.2) is 0 Å². The second-order valence-corrected chi connectivity index (χ2v) is 5.36. The van der Waals surface area contributed by atoms with Crippen molar-refractivity contribution >= 4 is 11.9 Å². The number of nitrogens with one attached hydrogen (secondary N) is 1. The van der Waals surface area contributed by atoms with Gasteiger partial charge in [0, 0.05) is 6.04 Å². The molecule has 1 aromatic rings. The Labute approximate surface area is 130 Å². The summed E-state index contributed by atoms with van der Waals surface area (Å²) in [6.07, 6.45) is -2.60. The molecule has 0 aromatic heterocycles. The van der Waals surface area contributed by atoms with Gasteiger partial charge in [-0.05, 0) is 37.1 Å². The van der Waals surface area contributed by atoms with Gasteiger partial charge in [0.2, 0.25) is 0 Å². The summed E-state index contributed by atoms with van der Waals surface area (Å²) in [5, 5.41) is 11.6. The molecule has 0 unspecified atom stereocenters. The fourth-order valence-electron chi connectivity index (χ4n) is 2.57. The highest BCUT2D eigenvalue weighted by Crippen LogP contribution is 2.30. The summed E-state index contributed by atoms with van der Waals surface area (Å²) >= 11 is 0. The maximum absolute atomic E-state index is 12.4. The molecule has 126 valence electrons. The van der Waals surface area contributed by atoms with Gasteiger partial charge >= 0.3 is 12.1 Å². The van der Waals surface area contributed by atoms with E-state index in [1.165, 1.54) is 0 Å². The van der Waals surface area contributed by atoms with E-state index in [0.717, 1.165) is 30.7 Å². The number of ether oxygens (including phenoxy) is 1. The lowest BCUT2D eigenvalue weighted by atomic mass is 10.0. The van der Waals surface area contributed by atoms with Crippen LogP contribution in [0.3, 0.4) is 0 Å². The zero-order chi connectivity index (χ0) is 17.0. The van der Waals surface area contributed by atoms with Crippen LogP contribution in [0.2, 0.25) is 0 Å². The van der Waals surface area contributed by atoms with Crippen molar-refractivity contribution in [2.45, 2.75) is 31.5 Å². The Morgan fingerprint density at radius 1 is 1.22 bits per heavy atom. The van der Waals surface area contributed by atoms with Gasteiger partial charge in [0.1, 0.15) is 5.75 Å². The molecule has 1 saturated carbocycles. The van der Waals surface area contributed by atoms with Crippen molar-refractivity contribution < 1.29 is 32.6 Å². The minimum absolute atomic E-state index is 0.134. The van der Waals surface area contributed by atoms with Crippen molar-refractivity contribution in [2.24, 2.45) is 5.92 Å². The standard InChI is InChI=1S/C15H16F3NO4/c16-15(17,18)9-4-6-10(7-5-9)23-8-13(20)19-12-3-1-2-11(12)14(21)22/h4-7,11-12H,1-3,8H2,(H,19,20)(H,21,22)/t11-,12+/m1/s1. The average Bonchev–Trinajstić information content (AvgIpc) is 2.93. The molecule has 5 nitrogen and oxygen atoms in total. The van der Waals surface area contributed by atoms with E-state index in [1.54, 1.807) is 0 Å². The number of carboxylic acid groups (broad SMARTS) is 1. The first-order valence-electron chi connectivity index (χ1n) is 7.09. The first kappa shape index (κ1) is 17.1. The lowest BCUT2D eigenvalue weighted by molar-refractivity contribution is -0.142. The highest BCUT2D eigenvalue weighted by molar-refractivity contribution is 5.79. The summed E-state index contributed by atoms with van der Waals surface area (Å²) in [5.74, 6) is -1.92. The first-order chi connectivity index (χ1) is 10.8. The van der Waals surface area contributed by atoms with Crippen molar-refractivity contribution in [2.75, 3.05) is 6.61 Å². The van der Waals surface area contributed by atoms with Crippen LogP contribution in [-0.2, 0) is 15.8 Å². The molecule has 0 radical (unpaired) electrons. The third kappa shape index (κ3) is 4.61. The molecule has 1 aliphatic carbocycles. The molecule has 1 aliphatic rings. The maximum atomic E-state index is 12.4. The summed E-state index contributed by atoms with van der Waals surface area (Å²) in [7, 11) is 0. The number of carbonyl (C=O) groups excluding carboxylic acids is 1. The Morgan fingerprint density at radius 2 is 1.87 bits per heavy atom. The number of hydrogen-bond acceptors (Lipinski definition) is 3. The Hall–Kier alpha value is -2.25. The van der Waals surface area contributed by atoms with Gasteiger partial charge in [-0.1, -0.05) is 6.42 Å². The van der Waals surface area contributed by atoms with Crippen LogP contribution >= 0.6 is 0 Å². The molecule has 23 heavy (non-hydrogen) atoms. The molecule has 1 amide bonds. The van der Waals surface area contributed by atoms with Gasteiger partial charge in [-0.3, -0.25) is 9.59 Å². The lowest BCUT2D eigenvalue weighted by Gasteiger charge is -2.17. The minimum Gasteiger partial charge on any atom is -0.484 e. The first-order valence-corrected chi connectivity index (χ1v) is 7.09. The van der Waals surface area contributed by atoms with E-state index >= 15 is 0 Å². The Balaban J connectivity index is 1.84. The summed E-state index contributed by atoms with van der Waals surface area (Å²) in [5.41, 5.74) is -0.801. The fraction of sp³-hybridized carbons (Fsp3) is 0.467. The predicted molar refractivity (Wildman–Crippen MR) is 73.8 cm³/mol. The Bertz CT molecular complexity index is 571. The number of hydrogen-bond donors (Lipinski definition) is 2. The second kappa shape index (κ2) is 6.89. The molecule has 0 heterocycles. The Kier molecular flexibility index (Phi) is 5.12. The zero-order valence-electron chi connectivity index (χ0n) is 12.1. The molecular formula is C15H16F3NO4. The SMILES string of the molecule is O=C(COc1ccc(C(F)(F)F)cc1)N[C@H]1CCC[C@H]1C(=O)O. The molecule has 8 heteroatoms. The van der Waals surface area contributed by atoms with Crippen LogP contribution in [0.5, 0.6) is 5.75 Å². The molecule has 0 saturated heterocycles. The topological polar surface area (TPSA) is 75.6 Å². The highest BCUT2D eigenvalue weighted by atomic mass is 19.4. The zero-order valence-corrected chi connectivity index (χ0v) is 12.1. The minimum atomic E-state index is -4.43. The molecule has 0 aliphatic heterocycles. The van der Waals surface area contributed by atoms with Crippen molar-refractivity contribution in [3.8, 4) is 5.75 Å². The maximum Gasteiger partial charge on any atom is 0.416 e. The molecule has 2 atom stereocenters. The number of carbonyl (C=O) groups is 2. The van der Waals surface area contributed by atoms with E-state index in [0.29, 0.717) is 12.8 Å². The molecule has 2 N–H and O–H groups in total. The van der Waals surface area contributed by atoms with Crippen LogP contribution in [0.15, 0.2) is 24.3 Å².